The Labute approximate surface area is 278 Å². The summed E-state index contributed by atoms with van der Waals surface area (Å²) < 4.78 is 0. The van der Waals surface area contributed by atoms with E-state index in [9.17, 15) is 0 Å². The zero-order valence-electron chi connectivity index (χ0n) is 27.9. The molecule has 0 bridgehead atoms. The summed E-state index contributed by atoms with van der Waals surface area (Å²) in [5.41, 5.74) is 4.75. The fourth-order valence-electron chi connectivity index (χ4n) is 4.79. The Hall–Kier alpha value is -2.40. The van der Waals surface area contributed by atoms with Crippen LogP contribution >= 0.6 is 14.8 Å². The van der Waals surface area contributed by atoms with Crippen molar-refractivity contribution in [3.05, 3.63) is 151 Å². The van der Waals surface area contributed by atoms with Gasteiger partial charge in [0.15, 0.2) is 0 Å². The van der Waals surface area contributed by atoms with E-state index in [2.05, 4.69) is 180 Å². The summed E-state index contributed by atoms with van der Waals surface area (Å²) in [6.07, 6.45) is 10.0. The van der Waals surface area contributed by atoms with Crippen molar-refractivity contribution in [2.45, 2.75) is 78.6 Å². The van der Waals surface area contributed by atoms with Crippen LogP contribution in [-0.4, -0.2) is 0 Å². The SMILES string of the molecule is CC(C)(C)c1cc(C(C)(C)C)c([P]=[Co])c(C(C)(C)C)c1.[CH]1C=CC=C1.c1ccc(P(c2ccccc2)c2ccccc2)cc1. The normalized spacial score (nSPS) is 12.9. The fourth-order valence-corrected chi connectivity index (χ4v) is 8.81. The third-order valence-electron chi connectivity index (χ3n) is 7.27. The molecule has 0 fully saturated rings. The topological polar surface area (TPSA) is 0 Å². The van der Waals surface area contributed by atoms with Crippen LogP contribution in [0.5, 0.6) is 0 Å². The van der Waals surface area contributed by atoms with E-state index in [-0.39, 0.29) is 16.2 Å². The van der Waals surface area contributed by atoms with Crippen LogP contribution in [0.15, 0.2) is 127 Å². The Morgan fingerprint density at radius 2 is 0.818 bits per heavy atom. The third kappa shape index (κ3) is 10.6. The van der Waals surface area contributed by atoms with Crippen molar-refractivity contribution in [1.82, 2.24) is 0 Å². The van der Waals surface area contributed by atoms with Gasteiger partial charge in [-0.15, -0.1) is 0 Å². The second-order valence-corrected chi connectivity index (χ2v) is 17.6. The van der Waals surface area contributed by atoms with Crippen molar-refractivity contribution in [1.29, 1.82) is 0 Å². The molecule has 0 aliphatic heterocycles. The first-order chi connectivity index (χ1) is 20.7. The molecular weight excluding hydrogens is 613 g/mol. The van der Waals surface area contributed by atoms with Crippen LogP contribution in [0.3, 0.4) is 0 Å². The summed E-state index contributed by atoms with van der Waals surface area (Å²) in [4.78, 5) is 0. The number of hydrogen-bond donors (Lipinski definition) is 0. The zero-order chi connectivity index (χ0) is 32.4. The number of allylic oxidation sites excluding steroid dienone is 4. The van der Waals surface area contributed by atoms with Gasteiger partial charge in [-0.25, -0.2) is 0 Å². The monoisotopic (exact) mass is 662 g/mol. The molecule has 1 radical (unpaired) electrons. The summed E-state index contributed by atoms with van der Waals surface area (Å²) in [6.45, 7) is 21.7. The van der Waals surface area contributed by atoms with E-state index in [1.165, 1.54) is 37.9 Å². The van der Waals surface area contributed by atoms with Gasteiger partial charge in [0.05, 0.1) is 0 Å². The van der Waals surface area contributed by atoms with Crippen molar-refractivity contribution >= 4 is 36.0 Å². The summed E-state index contributed by atoms with van der Waals surface area (Å²) in [5, 5.41) is 5.58. The molecule has 0 nitrogen and oxygen atoms in total. The van der Waals surface area contributed by atoms with E-state index in [1.807, 2.05) is 30.7 Å². The summed E-state index contributed by atoms with van der Waals surface area (Å²) in [5.74, 6) is 0. The molecule has 5 rings (SSSR count). The molecule has 1 aliphatic rings. The van der Waals surface area contributed by atoms with E-state index < -0.39 is 7.92 Å². The van der Waals surface area contributed by atoms with Crippen LogP contribution in [0.1, 0.15) is 79.0 Å². The average Bonchev–Trinajstić information content (AvgIpc) is 3.58. The van der Waals surface area contributed by atoms with Crippen LogP contribution in [0, 0.1) is 6.42 Å². The Bertz CT molecular complexity index is 1380. The molecule has 0 spiro atoms. The van der Waals surface area contributed by atoms with E-state index in [0.717, 1.165) is 6.87 Å². The van der Waals surface area contributed by atoms with Crippen LogP contribution in [-0.2, 0) is 31.1 Å². The fraction of sp³-hybridized carbons (Fsp3) is 0.293. The molecule has 0 saturated heterocycles. The molecule has 4 aromatic carbocycles. The van der Waals surface area contributed by atoms with Crippen molar-refractivity contribution in [3.8, 4) is 0 Å². The van der Waals surface area contributed by atoms with E-state index >= 15 is 0 Å². The Balaban J connectivity index is 0.000000207. The largest absolute Gasteiger partial charge is 0.0767 e. The maximum atomic E-state index is 4.65. The van der Waals surface area contributed by atoms with Gasteiger partial charge < -0.3 is 0 Å². The second kappa shape index (κ2) is 16.2. The van der Waals surface area contributed by atoms with Gasteiger partial charge in [0.2, 0.25) is 0 Å². The quantitative estimate of drug-likeness (QED) is 0.191. The Kier molecular flexibility index (Phi) is 13.3. The zero-order valence-corrected chi connectivity index (χ0v) is 30.8. The molecule has 232 valence electrons. The first kappa shape index (κ1) is 36.1. The third-order valence-corrected chi connectivity index (χ3v) is 11.0. The predicted octanol–water partition coefficient (Wildman–Crippen LogP) is 10.4. The molecule has 4 aromatic rings. The Morgan fingerprint density at radius 1 is 0.477 bits per heavy atom. The van der Waals surface area contributed by atoms with Crippen LogP contribution in [0.4, 0.5) is 0 Å². The van der Waals surface area contributed by atoms with E-state index in [0.29, 0.717) is 0 Å². The maximum Gasteiger partial charge on any atom is 0.00506 e. The van der Waals surface area contributed by atoms with Gasteiger partial charge in [-0.1, -0.05) is 115 Å². The predicted molar refractivity (Wildman–Crippen MR) is 197 cm³/mol. The standard InChI is InChI=1S/C18H15P.C18H29P.C5H5.Co/c1-4-10-16(11-5-1)19(17-12-6-2-7-13-17)18-14-8-3-9-15-18;1-16(2,3)12-10-13(17(4,5)6)15(19)14(11-12)18(7,8)9;1-2-4-5-3-1;/h1-15H;10-11H,1-9H3;1-5H;. The summed E-state index contributed by atoms with van der Waals surface area (Å²) in [7, 11) is -0.446. The molecule has 0 atom stereocenters. The molecule has 0 amide bonds. The molecule has 0 N–H and O–H groups in total. The molecule has 0 aromatic heterocycles. The summed E-state index contributed by atoms with van der Waals surface area (Å²) in [6, 6.07) is 37.1. The Morgan fingerprint density at radius 3 is 1.05 bits per heavy atom. The molecule has 0 saturated carbocycles. The maximum absolute atomic E-state index is 4.65. The van der Waals surface area contributed by atoms with E-state index in [4.69, 9.17) is 0 Å². The van der Waals surface area contributed by atoms with Crippen molar-refractivity contribution in [2.24, 2.45) is 0 Å². The van der Waals surface area contributed by atoms with Gasteiger partial charge in [-0.3, -0.25) is 0 Å². The molecule has 0 heterocycles. The second-order valence-electron chi connectivity index (χ2n) is 14.0. The number of rotatable bonds is 4. The van der Waals surface area contributed by atoms with Gasteiger partial charge in [-0.05, 0) is 23.8 Å². The van der Waals surface area contributed by atoms with Crippen molar-refractivity contribution < 1.29 is 14.8 Å². The van der Waals surface area contributed by atoms with Gasteiger partial charge in [0.25, 0.3) is 0 Å². The van der Waals surface area contributed by atoms with Crippen molar-refractivity contribution in [2.75, 3.05) is 0 Å². The molecular formula is C41H49CoP2. The van der Waals surface area contributed by atoms with Gasteiger partial charge in [0, 0.05) is 6.42 Å². The van der Waals surface area contributed by atoms with Gasteiger partial charge in [-0.2, -0.15) is 0 Å². The molecule has 44 heavy (non-hydrogen) atoms. The first-order valence-corrected chi connectivity index (χ1v) is 18.8. The average molecular weight is 663 g/mol. The van der Waals surface area contributed by atoms with E-state index in [1.54, 1.807) is 0 Å². The minimum absolute atomic E-state index is 0.144. The molecule has 3 heteroatoms. The van der Waals surface area contributed by atoms with Crippen molar-refractivity contribution in [3.63, 3.8) is 0 Å². The van der Waals surface area contributed by atoms with Gasteiger partial charge >= 0.3 is 134 Å². The van der Waals surface area contributed by atoms with Crippen LogP contribution < -0.4 is 21.2 Å². The molecule has 0 unspecified atom stereocenters. The first-order valence-electron chi connectivity index (χ1n) is 15.3. The van der Waals surface area contributed by atoms with Crippen LogP contribution in [0.2, 0.25) is 0 Å². The summed E-state index contributed by atoms with van der Waals surface area (Å²) >= 11 is 4.65. The smallest absolute Gasteiger partial charge is 0.00506 e. The minimum Gasteiger partial charge on any atom is -0.0767 e. The van der Waals surface area contributed by atoms with Crippen LogP contribution in [0.25, 0.3) is 0 Å². The number of hydrogen-bond acceptors (Lipinski definition) is 0. The number of benzene rings is 4. The van der Waals surface area contributed by atoms with Gasteiger partial charge in [0.1, 0.15) is 0 Å². The minimum atomic E-state index is -0.446. The molecule has 1 aliphatic carbocycles.